The van der Waals surface area contributed by atoms with Crippen LogP contribution in [-0.4, -0.2) is 0 Å². The molecule has 5 aromatic rings. The summed E-state index contributed by atoms with van der Waals surface area (Å²) in [5, 5.41) is 3.24. The van der Waals surface area contributed by atoms with E-state index in [9.17, 15) is 0 Å². The lowest BCUT2D eigenvalue weighted by atomic mass is 9.87. The molecule has 0 unspecified atom stereocenters. The molecule has 5 rings (SSSR count). The molecule has 0 nitrogen and oxygen atoms in total. The summed E-state index contributed by atoms with van der Waals surface area (Å²) in [5.41, 5.74) is 7.03. The highest BCUT2D eigenvalue weighted by Crippen LogP contribution is 2.41. The SMILES string of the molecule is Clc1ccccc1-c1ccccc1-c1cc2ccccc2cc1-c1ccccc1. The zero-order chi connectivity index (χ0) is 19.6. The predicted molar refractivity (Wildman–Crippen MR) is 125 cm³/mol. The summed E-state index contributed by atoms with van der Waals surface area (Å²) in [6, 6.07) is 40.3. The molecule has 0 radical (unpaired) electrons. The van der Waals surface area contributed by atoms with Crippen LogP contribution in [0.4, 0.5) is 0 Å². The summed E-state index contributed by atoms with van der Waals surface area (Å²) in [4.78, 5) is 0. The maximum atomic E-state index is 6.57. The zero-order valence-electron chi connectivity index (χ0n) is 15.8. The van der Waals surface area contributed by atoms with Crippen molar-refractivity contribution in [2.24, 2.45) is 0 Å². The molecule has 0 atom stereocenters. The minimum absolute atomic E-state index is 0.766. The molecular weight excluding hydrogens is 372 g/mol. The van der Waals surface area contributed by atoms with E-state index in [2.05, 4.69) is 97.1 Å². The van der Waals surface area contributed by atoms with E-state index >= 15 is 0 Å². The van der Waals surface area contributed by atoms with Crippen LogP contribution >= 0.6 is 11.6 Å². The molecular formula is C28H19Cl. The van der Waals surface area contributed by atoms with E-state index in [0.29, 0.717) is 0 Å². The molecule has 0 saturated carbocycles. The van der Waals surface area contributed by atoms with Gasteiger partial charge in [0.15, 0.2) is 0 Å². The van der Waals surface area contributed by atoms with Gasteiger partial charge in [0, 0.05) is 10.6 Å². The molecule has 29 heavy (non-hydrogen) atoms. The monoisotopic (exact) mass is 390 g/mol. The van der Waals surface area contributed by atoms with Gasteiger partial charge in [0.25, 0.3) is 0 Å². The average Bonchev–Trinajstić information content (AvgIpc) is 2.79. The van der Waals surface area contributed by atoms with Crippen molar-refractivity contribution in [3.63, 3.8) is 0 Å². The summed E-state index contributed by atoms with van der Waals surface area (Å²) in [6.45, 7) is 0. The van der Waals surface area contributed by atoms with Crippen LogP contribution in [0.15, 0.2) is 115 Å². The molecule has 5 aromatic carbocycles. The Morgan fingerprint density at radius 3 is 1.52 bits per heavy atom. The highest BCUT2D eigenvalue weighted by Gasteiger charge is 2.15. The second kappa shape index (κ2) is 7.58. The van der Waals surface area contributed by atoms with Crippen molar-refractivity contribution < 1.29 is 0 Å². The van der Waals surface area contributed by atoms with Gasteiger partial charge >= 0.3 is 0 Å². The fraction of sp³-hybridized carbons (Fsp3) is 0. The molecule has 0 aliphatic rings. The number of halogens is 1. The molecule has 0 aliphatic carbocycles. The van der Waals surface area contributed by atoms with E-state index in [1.54, 1.807) is 0 Å². The Bertz CT molecular complexity index is 1300. The van der Waals surface area contributed by atoms with Gasteiger partial charge in [-0.25, -0.2) is 0 Å². The molecule has 138 valence electrons. The van der Waals surface area contributed by atoms with E-state index in [4.69, 9.17) is 11.6 Å². The van der Waals surface area contributed by atoms with Crippen molar-refractivity contribution >= 4 is 22.4 Å². The van der Waals surface area contributed by atoms with Gasteiger partial charge in [-0.3, -0.25) is 0 Å². The van der Waals surface area contributed by atoms with Crippen LogP contribution in [0.25, 0.3) is 44.2 Å². The molecule has 0 heterocycles. The molecule has 0 N–H and O–H groups in total. The van der Waals surface area contributed by atoms with Crippen LogP contribution in [-0.2, 0) is 0 Å². The topological polar surface area (TPSA) is 0 Å². The van der Waals surface area contributed by atoms with E-state index in [-0.39, 0.29) is 0 Å². The quantitative estimate of drug-likeness (QED) is 0.289. The Hall–Kier alpha value is -3.35. The normalized spacial score (nSPS) is 10.9. The lowest BCUT2D eigenvalue weighted by Crippen LogP contribution is -1.90. The third-order valence-electron chi connectivity index (χ3n) is 5.35. The highest BCUT2D eigenvalue weighted by atomic mass is 35.5. The first-order chi connectivity index (χ1) is 14.3. The minimum Gasteiger partial charge on any atom is -0.0837 e. The van der Waals surface area contributed by atoms with Crippen molar-refractivity contribution in [3.8, 4) is 33.4 Å². The highest BCUT2D eigenvalue weighted by molar-refractivity contribution is 6.33. The summed E-state index contributed by atoms with van der Waals surface area (Å²) in [5.74, 6) is 0. The van der Waals surface area contributed by atoms with Crippen LogP contribution in [0.1, 0.15) is 0 Å². The second-order valence-electron chi connectivity index (χ2n) is 7.14. The molecule has 0 spiro atoms. The van der Waals surface area contributed by atoms with E-state index < -0.39 is 0 Å². The molecule has 0 bridgehead atoms. The van der Waals surface area contributed by atoms with Crippen LogP contribution in [0.2, 0.25) is 5.02 Å². The number of hydrogen-bond acceptors (Lipinski definition) is 0. The van der Waals surface area contributed by atoms with Gasteiger partial charge in [0.1, 0.15) is 0 Å². The first-order valence-electron chi connectivity index (χ1n) is 9.74. The van der Waals surface area contributed by atoms with Gasteiger partial charge in [0.05, 0.1) is 0 Å². The summed E-state index contributed by atoms with van der Waals surface area (Å²) < 4.78 is 0. The number of benzene rings is 5. The van der Waals surface area contributed by atoms with Crippen molar-refractivity contribution in [1.29, 1.82) is 0 Å². The largest absolute Gasteiger partial charge is 0.0837 e. The molecule has 0 fully saturated rings. The zero-order valence-corrected chi connectivity index (χ0v) is 16.6. The van der Waals surface area contributed by atoms with Gasteiger partial charge < -0.3 is 0 Å². The Kier molecular flexibility index (Phi) is 4.63. The maximum absolute atomic E-state index is 6.57. The predicted octanol–water partition coefficient (Wildman–Crippen LogP) is 8.49. The lowest BCUT2D eigenvalue weighted by molar-refractivity contribution is 1.58. The van der Waals surface area contributed by atoms with Crippen LogP contribution in [0.3, 0.4) is 0 Å². The Morgan fingerprint density at radius 2 is 0.862 bits per heavy atom. The van der Waals surface area contributed by atoms with Crippen LogP contribution in [0.5, 0.6) is 0 Å². The summed E-state index contributed by atoms with van der Waals surface area (Å²) >= 11 is 6.57. The van der Waals surface area contributed by atoms with E-state index in [1.165, 1.54) is 33.0 Å². The first-order valence-corrected chi connectivity index (χ1v) is 10.1. The van der Waals surface area contributed by atoms with Gasteiger partial charge in [-0.2, -0.15) is 0 Å². The van der Waals surface area contributed by atoms with Gasteiger partial charge in [-0.15, -0.1) is 0 Å². The first kappa shape index (κ1) is 17.7. The molecule has 0 amide bonds. The lowest BCUT2D eigenvalue weighted by Gasteiger charge is -2.17. The van der Waals surface area contributed by atoms with E-state index in [0.717, 1.165) is 16.1 Å². The summed E-state index contributed by atoms with van der Waals surface area (Å²) in [7, 11) is 0. The Balaban J connectivity index is 1.84. The number of fused-ring (bicyclic) bond motifs is 1. The van der Waals surface area contributed by atoms with Gasteiger partial charge in [-0.05, 0) is 56.8 Å². The van der Waals surface area contributed by atoms with Gasteiger partial charge in [-0.1, -0.05) is 109 Å². The third-order valence-corrected chi connectivity index (χ3v) is 5.68. The number of hydrogen-bond donors (Lipinski definition) is 0. The average molecular weight is 391 g/mol. The van der Waals surface area contributed by atoms with Gasteiger partial charge in [0.2, 0.25) is 0 Å². The standard InChI is InChI=1S/C28H19Cl/c29-28-17-9-8-16-25(28)23-14-6-7-15-24(23)27-19-22-13-5-4-12-21(22)18-26(27)20-10-2-1-3-11-20/h1-19H. The molecule has 0 aromatic heterocycles. The summed E-state index contributed by atoms with van der Waals surface area (Å²) in [6.07, 6.45) is 0. The van der Waals surface area contributed by atoms with E-state index in [1.807, 2.05) is 18.2 Å². The second-order valence-corrected chi connectivity index (χ2v) is 7.54. The van der Waals surface area contributed by atoms with Crippen LogP contribution < -0.4 is 0 Å². The Labute approximate surface area is 176 Å². The molecule has 0 saturated heterocycles. The van der Waals surface area contributed by atoms with Crippen molar-refractivity contribution in [3.05, 3.63) is 120 Å². The van der Waals surface area contributed by atoms with Crippen molar-refractivity contribution in [2.45, 2.75) is 0 Å². The maximum Gasteiger partial charge on any atom is 0.0484 e. The Morgan fingerprint density at radius 1 is 0.379 bits per heavy atom. The van der Waals surface area contributed by atoms with Crippen molar-refractivity contribution in [1.82, 2.24) is 0 Å². The third kappa shape index (κ3) is 3.33. The fourth-order valence-electron chi connectivity index (χ4n) is 3.95. The fourth-order valence-corrected chi connectivity index (χ4v) is 4.19. The minimum atomic E-state index is 0.766. The van der Waals surface area contributed by atoms with Crippen molar-refractivity contribution in [2.75, 3.05) is 0 Å². The molecule has 1 heteroatoms. The smallest absolute Gasteiger partial charge is 0.0484 e. The number of rotatable bonds is 3. The van der Waals surface area contributed by atoms with Crippen LogP contribution in [0, 0.1) is 0 Å². The molecule has 0 aliphatic heterocycles.